The predicted octanol–water partition coefficient (Wildman–Crippen LogP) is 4.29. The van der Waals surface area contributed by atoms with Crippen molar-refractivity contribution in [2.24, 2.45) is 0 Å². The van der Waals surface area contributed by atoms with Crippen molar-refractivity contribution in [1.29, 1.82) is 0 Å². The van der Waals surface area contributed by atoms with Crippen molar-refractivity contribution in [2.45, 2.75) is 33.0 Å². The molecule has 0 unspecified atom stereocenters. The van der Waals surface area contributed by atoms with Gasteiger partial charge in [0.1, 0.15) is 17.9 Å². The minimum atomic E-state index is -0.716. The molecule has 6 nitrogen and oxygen atoms in total. The Labute approximate surface area is 162 Å². The second-order valence-electron chi connectivity index (χ2n) is 7.32. The summed E-state index contributed by atoms with van der Waals surface area (Å²) in [7, 11) is 0. The summed E-state index contributed by atoms with van der Waals surface area (Å²) in [6.07, 6.45) is 0.548. The molecule has 0 aliphatic carbocycles. The molecular formula is C22H21NO5. The summed E-state index contributed by atoms with van der Waals surface area (Å²) < 4.78 is 10.7. The summed E-state index contributed by atoms with van der Waals surface area (Å²) in [6.45, 7) is 5.32. The third-order valence-corrected chi connectivity index (χ3v) is 4.02. The van der Waals surface area contributed by atoms with E-state index in [0.717, 1.165) is 5.56 Å². The molecule has 0 saturated carbocycles. The first-order chi connectivity index (χ1) is 13.3. The molecule has 1 heterocycles. The first kappa shape index (κ1) is 19.4. The van der Waals surface area contributed by atoms with Gasteiger partial charge in [0, 0.05) is 10.9 Å². The van der Waals surface area contributed by atoms with Gasteiger partial charge in [-0.05, 0) is 38.5 Å². The Morgan fingerprint density at radius 3 is 2.36 bits per heavy atom. The fourth-order valence-electron chi connectivity index (χ4n) is 2.85. The molecule has 0 radical (unpaired) electrons. The molecule has 3 aromatic rings. The third-order valence-electron chi connectivity index (χ3n) is 4.02. The van der Waals surface area contributed by atoms with E-state index in [1.807, 2.05) is 30.3 Å². The minimum absolute atomic E-state index is 0.0169. The van der Waals surface area contributed by atoms with E-state index < -0.39 is 17.5 Å². The zero-order chi connectivity index (χ0) is 20.3. The molecule has 0 amide bonds. The average molecular weight is 379 g/mol. The van der Waals surface area contributed by atoms with E-state index in [0.29, 0.717) is 17.2 Å². The molecule has 0 saturated heterocycles. The molecule has 1 N–H and O–H groups in total. The van der Waals surface area contributed by atoms with E-state index in [-0.39, 0.29) is 23.4 Å². The zero-order valence-corrected chi connectivity index (χ0v) is 15.9. The largest absolute Gasteiger partial charge is 0.457 e. The van der Waals surface area contributed by atoms with Gasteiger partial charge < -0.3 is 14.5 Å². The number of nitrogens with one attached hydrogen (secondary N) is 1. The maximum absolute atomic E-state index is 12.6. The maximum atomic E-state index is 12.6. The van der Waals surface area contributed by atoms with Crippen LogP contribution in [0.5, 0.6) is 0 Å². The highest BCUT2D eigenvalue weighted by Gasteiger charge is 2.26. The molecule has 0 atom stereocenters. The van der Waals surface area contributed by atoms with Crippen LogP contribution in [-0.4, -0.2) is 28.8 Å². The van der Waals surface area contributed by atoms with Crippen LogP contribution in [0.15, 0.2) is 48.5 Å². The number of aromatic amines is 1. The van der Waals surface area contributed by atoms with E-state index in [2.05, 4.69) is 4.98 Å². The third kappa shape index (κ3) is 4.11. The van der Waals surface area contributed by atoms with Crippen LogP contribution in [0.1, 0.15) is 57.5 Å². The highest BCUT2D eigenvalue weighted by molar-refractivity contribution is 6.15. The minimum Gasteiger partial charge on any atom is -0.457 e. The number of H-pyrrole nitrogens is 1. The van der Waals surface area contributed by atoms with Crippen LogP contribution in [-0.2, 0) is 16.1 Å². The molecule has 144 valence electrons. The van der Waals surface area contributed by atoms with Crippen molar-refractivity contribution in [3.05, 3.63) is 70.9 Å². The van der Waals surface area contributed by atoms with Gasteiger partial charge in [-0.2, -0.15) is 0 Å². The Morgan fingerprint density at radius 2 is 1.71 bits per heavy atom. The van der Waals surface area contributed by atoms with Crippen LogP contribution >= 0.6 is 0 Å². The SMILES string of the molecule is CC(C)(C)OC(=O)c1[nH]c2cccc(C(=O)OCc3ccccc3)c2c1C=O. The fraction of sp³-hybridized carbons (Fsp3) is 0.227. The van der Waals surface area contributed by atoms with Gasteiger partial charge in [0.05, 0.1) is 11.1 Å². The lowest BCUT2D eigenvalue weighted by Crippen LogP contribution is -2.24. The molecule has 6 heteroatoms. The van der Waals surface area contributed by atoms with E-state index in [1.54, 1.807) is 39.0 Å². The van der Waals surface area contributed by atoms with Crippen LogP contribution in [0.3, 0.4) is 0 Å². The molecule has 0 aliphatic rings. The van der Waals surface area contributed by atoms with Crippen LogP contribution < -0.4 is 0 Å². The molecule has 0 fully saturated rings. The number of fused-ring (bicyclic) bond motifs is 1. The number of carbonyl (C=O) groups excluding carboxylic acids is 3. The normalized spacial score (nSPS) is 11.2. The average Bonchev–Trinajstić information content (AvgIpc) is 3.04. The number of hydrogen-bond donors (Lipinski definition) is 1. The lowest BCUT2D eigenvalue weighted by atomic mass is 10.1. The van der Waals surface area contributed by atoms with Crippen molar-refractivity contribution < 1.29 is 23.9 Å². The van der Waals surface area contributed by atoms with Crippen molar-refractivity contribution >= 4 is 29.1 Å². The Balaban J connectivity index is 1.96. The summed E-state index contributed by atoms with van der Waals surface area (Å²) in [5.74, 6) is -1.23. The van der Waals surface area contributed by atoms with Crippen LogP contribution in [0, 0.1) is 0 Å². The number of ether oxygens (including phenoxy) is 2. The standard InChI is InChI=1S/C22H21NO5/c1-22(2,3)28-21(26)19-16(12-24)18-15(10-7-11-17(18)23-19)20(25)27-13-14-8-5-4-6-9-14/h4-12,23H,13H2,1-3H3. The van der Waals surface area contributed by atoms with Crippen LogP contribution in [0.4, 0.5) is 0 Å². The van der Waals surface area contributed by atoms with Gasteiger partial charge in [-0.15, -0.1) is 0 Å². The number of rotatable bonds is 5. The van der Waals surface area contributed by atoms with Crippen molar-refractivity contribution in [3.63, 3.8) is 0 Å². The quantitative estimate of drug-likeness (QED) is 0.528. The van der Waals surface area contributed by atoms with Crippen LogP contribution in [0.25, 0.3) is 10.9 Å². The van der Waals surface area contributed by atoms with E-state index in [1.165, 1.54) is 0 Å². The lowest BCUT2D eigenvalue weighted by Gasteiger charge is -2.19. The number of hydrogen-bond acceptors (Lipinski definition) is 5. The van der Waals surface area contributed by atoms with Gasteiger partial charge in [0.2, 0.25) is 0 Å². The highest BCUT2D eigenvalue weighted by Crippen LogP contribution is 2.27. The molecule has 1 aromatic heterocycles. The number of aromatic nitrogens is 1. The van der Waals surface area contributed by atoms with Gasteiger partial charge in [0.15, 0.2) is 6.29 Å². The summed E-state index contributed by atoms with van der Waals surface area (Å²) in [4.78, 5) is 39.8. The maximum Gasteiger partial charge on any atom is 0.356 e. The van der Waals surface area contributed by atoms with Gasteiger partial charge in [-0.25, -0.2) is 9.59 Å². The highest BCUT2D eigenvalue weighted by atomic mass is 16.6. The first-order valence-corrected chi connectivity index (χ1v) is 8.84. The Hall–Kier alpha value is -3.41. The second kappa shape index (κ2) is 7.68. The van der Waals surface area contributed by atoms with Gasteiger partial charge >= 0.3 is 11.9 Å². The van der Waals surface area contributed by atoms with Crippen molar-refractivity contribution in [3.8, 4) is 0 Å². The molecule has 3 rings (SSSR count). The van der Waals surface area contributed by atoms with Crippen molar-refractivity contribution in [2.75, 3.05) is 0 Å². The second-order valence-corrected chi connectivity index (χ2v) is 7.32. The summed E-state index contributed by atoms with van der Waals surface area (Å²) in [5.41, 5.74) is 0.923. The van der Waals surface area contributed by atoms with Gasteiger partial charge in [0.25, 0.3) is 0 Å². The Morgan fingerprint density at radius 1 is 1.00 bits per heavy atom. The summed E-state index contributed by atoms with van der Waals surface area (Å²) in [5, 5.41) is 0.344. The smallest absolute Gasteiger partial charge is 0.356 e. The molecular weight excluding hydrogens is 358 g/mol. The van der Waals surface area contributed by atoms with E-state index in [9.17, 15) is 14.4 Å². The molecule has 28 heavy (non-hydrogen) atoms. The topological polar surface area (TPSA) is 85.5 Å². The first-order valence-electron chi connectivity index (χ1n) is 8.84. The number of esters is 2. The lowest BCUT2D eigenvalue weighted by molar-refractivity contribution is 0.00623. The van der Waals surface area contributed by atoms with Crippen molar-refractivity contribution in [1.82, 2.24) is 4.98 Å². The Kier molecular flexibility index (Phi) is 5.31. The molecule has 2 aromatic carbocycles. The molecule has 0 spiro atoms. The van der Waals surface area contributed by atoms with Gasteiger partial charge in [-0.3, -0.25) is 4.79 Å². The van der Waals surface area contributed by atoms with E-state index in [4.69, 9.17) is 9.47 Å². The molecule has 0 aliphatic heterocycles. The Bertz CT molecular complexity index is 1030. The van der Waals surface area contributed by atoms with E-state index >= 15 is 0 Å². The zero-order valence-electron chi connectivity index (χ0n) is 15.9. The predicted molar refractivity (Wildman–Crippen MR) is 104 cm³/mol. The monoisotopic (exact) mass is 379 g/mol. The van der Waals surface area contributed by atoms with Crippen LogP contribution in [0.2, 0.25) is 0 Å². The van der Waals surface area contributed by atoms with Gasteiger partial charge in [-0.1, -0.05) is 36.4 Å². The summed E-state index contributed by atoms with van der Waals surface area (Å²) >= 11 is 0. The number of carbonyl (C=O) groups is 3. The number of benzene rings is 2. The fourth-order valence-corrected chi connectivity index (χ4v) is 2.85. The number of aldehydes is 1. The summed E-state index contributed by atoms with van der Waals surface area (Å²) in [6, 6.07) is 14.2. The molecule has 0 bridgehead atoms.